The Kier molecular flexibility index (Phi) is 3.28. The summed E-state index contributed by atoms with van der Waals surface area (Å²) in [5, 5.41) is -0.00463. The van der Waals surface area contributed by atoms with Gasteiger partial charge in [0.05, 0.1) is 5.02 Å². The van der Waals surface area contributed by atoms with E-state index in [1.165, 1.54) is 6.07 Å². The van der Waals surface area contributed by atoms with E-state index in [9.17, 15) is 13.2 Å². The van der Waals surface area contributed by atoms with Gasteiger partial charge in [-0.25, -0.2) is 8.42 Å². The molecule has 0 atom stereocenters. The zero-order valence-corrected chi connectivity index (χ0v) is 9.95. The molecule has 0 saturated heterocycles. The first-order chi connectivity index (χ1) is 6.73. The van der Waals surface area contributed by atoms with Gasteiger partial charge in [-0.1, -0.05) is 11.6 Å². The number of nitrogens with two attached hydrogens (primary N) is 1. The molecule has 1 aromatic carbocycles. The van der Waals surface area contributed by atoms with Gasteiger partial charge in [0.2, 0.25) is 5.91 Å². The van der Waals surface area contributed by atoms with Crippen LogP contribution in [0, 0.1) is 6.92 Å². The standard InChI is InChI=1S/C8H7Cl2NO3S/c1-4-2-5(8(11)12)3-6(7(4)9)15(10,13)14/h2-3H,1H3,(H2,11,12). The number of rotatable bonds is 2. The van der Waals surface area contributed by atoms with Crippen LogP contribution in [0.25, 0.3) is 0 Å². The maximum absolute atomic E-state index is 11.1. The van der Waals surface area contributed by atoms with Gasteiger partial charge in [0.15, 0.2) is 0 Å². The number of primary amides is 1. The Bertz CT molecular complexity index is 525. The van der Waals surface area contributed by atoms with Gasteiger partial charge in [0, 0.05) is 16.2 Å². The minimum atomic E-state index is -3.98. The van der Waals surface area contributed by atoms with Crippen LogP contribution in [0.5, 0.6) is 0 Å². The van der Waals surface area contributed by atoms with Gasteiger partial charge in [-0.3, -0.25) is 4.79 Å². The van der Waals surface area contributed by atoms with Gasteiger partial charge >= 0.3 is 0 Å². The Labute approximate surface area is 96.4 Å². The molecule has 0 heterocycles. The highest BCUT2D eigenvalue weighted by Gasteiger charge is 2.18. The van der Waals surface area contributed by atoms with E-state index in [0.29, 0.717) is 5.56 Å². The van der Waals surface area contributed by atoms with E-state index >= 15 is 0 Å². The third-order valence-corrected chi connectivity index (χ3v) is 3.73. The average molecular weight is 268 g/mol. The van der Waals surface area contributed by atoms with Crippen molar-refractivity contribution in [2.24, 2.45) is 5.73 Å². The fourth-order valence-electron chi connectivity index (χ4n) is 1.06. The van der Waals surface area contributed by atoms with Gasteiger partial charge in [-0.2, -0.15) is 0 Å². The van der Waals surface area contributed by atoms with E-state index in [2.05, 4.69) is 0 Å². The zero-order chi connectivity index (χ0) is 11.8. The van der Waals surface area contributed by atoms with Crippen LogP contribution in [0.15, 0.2) is 17.0 Å². The zero-order valence-electron chi connectivity index (χ0n) is 7.62. The highest BCUT2D eigenvalue weighted by molar-refractivity contribution is 8.13. The third kappa shape index (κ3) is 2.62. The SMILES string of the molecule is Cc1cc(C(N)=O)cc(S(=O)(=O)Cl)c1Cl. The maximum atomic E-state index is 11.1. The Morgan fingerprint density at radius 3 is 2.33 bits per heavy atom. The molecule has 7 heteroatoms. The lowest BCUT2D eigenvalue weighted by Gasteiger charge is -2.05. The predicted octanol–water partition coefficient (Wildman–Crippen LogP) is 1.67. The van der Waals surface area contributed by atoms with Gasteiger partial charge < -0.3 is 5.73 Å². The molecule has 2 N–H and O–H groups in total. The summed E-state index contributed by atoms with van der Waals surface area (Å²) < 4.78 is 22.2. The lowest BCUT2D eigenvalue weighted by atomic mass is 10.1. The number of hydrogen-bond donors (Lipinski definition) is 1. The smallest absolute Gasteiger partial charge is 0.262 e. The average Bonchev–Trinajstić information content (AvgIpc) is 2.06. The summed E-state index contributed by atoms with van der Waals surface area (Å²) in [7, 11) is 1.17. The van der Waals surface area contributed by atoms with E-state index < -0.39 is 15.0 Å². The molecular formula is C8H7Cl2NO3S. The number of carbonyl (C=O) groups is 1. The first kappa shape index (κ1) is 12.3. The predicted molar refractivity (Wildman–Crippen MR) is 57.7 cm³/mol. The molecule has 0 aliphatic heterocycles. The second-order valence-corrected chi connectivity index (χ2v) is 5.82. The summed E-state index contributed by atoms with van der Waals surface area (Å²) in [5.74, 6) is -0.740. The molecule has 0 bridgehead atoms. The summed E-state index contributed by atoms with van der Waals surface area (Å²) >= 11 is 5.74. The Balaban J connectivity index is 3.59. The molecule has 0 radical (unpaired) electrons. The Morgan fingerprint density at radius 1 is 1.40 bits per heavy atom. The molecule has 82 valence electrons. The molecule has 0 saturated carbocycles. The Morgan fingerprint density at radius 2 is 1.93 bits per heavy atom. The molecular weight excluding hydrogens is 261 g/mol. The Hall–Kier alpha value is -0.780. The van der Waals surface area contributed by atoms with E-state index in [1.54, 1.807) is 6.92 Å². The van der Waals surface area contributed by atoms with Crippen molar-refractivity contribution < 1.29 is 13.2 Å². The minimum Gasteiger partial charge on any atom is -0.366 e. The number of carbonyl (C=O) groups excluding carboxylic acids is 1. The molecule has 1 amide bonds. The second kappa shape index (κ2) is 4.00. The van der Waals surface area contributed by atoms with Crippen LogP contribution >= 0.6 is 22.3 Å². The van der Waals surface area contributed by atoms with Gasteiger partial charge in [0.25, 0.3) is 9.05 Å². The number of aryl methyl sites for hydroxylation is 1. The first-order valence-corrected chi connectivity index (χ1v) is 6.47. The van der Waals surface area contributed by atoms with Crippen LogP contribution in [-0.2, 0) is 9.05 Å². The summed E-state index contributed by atoms with van der Waals surface area (Å²) in [6.07, 6.45) is 0. The molecule has 1 aromatic rings. The summed E-state index contributed by atoms with van der Waals surface area (Å²) in [6, 6.07) is 2.45. The normalized spacial score (nSPS) is 11.4. The monoisotopic (exact) mass is 267 g/mol. The van der Waals surface area contributed by atoms with Crippen LogP contribution in [0.2, 0.25) is 5.02 Å². The van der Waals surface area contributed by atoms with Gasteiger partial charge in [0.1, 0.15) is 4.90 Å². The van der Waals surface area contributed by atoms with E-state index in [0.717, 1.165) is 6.07 Å². The van der Waals surface area contributed by atoms with Crippen molar-refractivity contribution in [3.8, 4) is 0 Å². The number of halogens is 2. The van der Waals surface area contributed by atoms with E-state index in [-0.39, 0.29) is 15.5 Å². The summed E-state index contributed by atoms with van der Waals surface area (Å²) in [6.45, 7) is 1.56. The largest absolute Gasteiger partial charge is 0.366 e. The molecule has 0 spiro atoms. The van der Waals surface area contributed by atoms with Crippen LogP contribution in [0.1, 0.15) is 15.9 Å². The topological polar surface area (TPSA) is 77.2 Å². The van der Waals surface area contributed by atoms with E-state index in [1.807, 2.05) is 0 Å². The minimum absolute atomic E-state index is 0.00463. The van der Waals surface area contributed by atoms with Crippen molar-refractivity contribution in [1.82, 2.24) is 0 Å². The van der Waals surface area contributed by atoms with Crippen molar-refractivity contribution >= 4 is 37.2 Å². The summed E-state index contributed by atoms with van der Waals surface area (Å²) in [4.78, 5) is 10.6. The lowest BCUT2D eigenvalue weighted by Crippen LogP contribution is -2.12. The van der Waals surface area contributed by atoms with Crippen molar-refractivity contribution in [3.63, 3.8) is 0 Å². The van der Waals surface area contributed by atoms with Crippen LogP contribution in [0.3, 0.4) is 0 Å². The maximum Gasteiger partial charge on any atom is 0.262 e. The molecule has 0 aliphatic rings. The molecule has 15 heavy (non-hydrogen) atoms. The second-order valence-electron chi connectivity index (χ2n) is 2.91. The van der Waals surface area contributed by atoms with E-state index in [4.69, 9.17) is 28.0 Å². The number of amides is 1. The number of hydrogen-bond acceptors (Lipinski definition) is 3. The van der Waals surface area contributed by atoms with Crippen molar-refractivity contribution in [2.75, 3.05) is 0 Å². The highest BCUT2D eigenvalue weighted by Crippen LogP contribution is 2.29. The lowest BCUT2D eigenvalue weighted by molar-refractivity contribution is 0.1000. The fourth-order valence-corrected chi connectivity index (χ4v) is 2.60. The quantitative estimate of drug-likeness (QED) is 0.829. The third-order valence-electron chi connectivity index (χ3n) is 1.77. The molecule has 1 rings (SSSR count). The van der Waals surface area contributed by atoms with Crippen LogP contribution in [-0.4, -0.2) is 14.3 Å². The molecule has 0 unspecified atom stereocenters. The molecule has 0 aromatic heterocycles. The number of benzene rings is 1. The summed E-state index contributed by atoms with van der Waals surface area (Å²) in [5.41, 5.74) is 5.50. The highest BCUT2D eigenvalue weighted by atomic mass is 35.7. The first-order valence-electron chi connectivity index (χ1n) is 3.78. The van der Waals surface area contributed by atoms with Crippen molar-refractivity contribution in [2.45, 2.75) is 11.8 Å². The van der Waals surface area contributed by atoms with Crippen molar-refractivity contribution in [1.29, 1.82) is 0 Å². The van der Waals surface area contributed by atoms with Gasteiger partial charge in [-0.05, 0) is 24.6 Å². The van der Waals surface area contributed by atoms with Crippen molar-refractivity contribution in [3.05, 3.63) is 28.3 Å². The molecule has 0 aliphatic carbocycles. The van der Waals surface area contributed by atoms with Crippen LogP contribution in [0.4, 0.5) is 0 Å². The molecule has 0 fully saturated rings. The fraction of sp³-hybridized carbons (Fsp3) is 0.125. The van der Waals surface area contributed by atoms with Crippen LogP contribution < -0.4 is 5.73 Å². The van der Waals surface area contributed by atoms with Gasteiger partial charge in [-0.15, -0.1) is 0 Å². The molecule has 4 nitrogen and oxygen atoms in total.